The number of nitrogens with zero attached hydrogens (tertiary/aromatic N) is 2. The molecule has 0 fully saturated rings. The minimum Gasteiger partial charge on any atom is -0.543 e. The van der Waals surface area contributed by atoms with Crippen molar-refractivity contribution in [3.05, 3.63) is 47.3 Å². The van der Waals surface area contributed by atoms with E-state index in [1.807, 2.05) is 6.07 Å². The summed E-state index contributed by atoms with van der Waals surface area (Å²) in [6.45, 7) is 19.7. The van der Waals surface area contributed by atoms with Crippen LogP contribution in [-0.2, 0) is 5.41 Å². The number of benzene rings is 1. The molecule has 2 rings (SSSR count). The van der Waals surface area contributed by atoms with Crippen LogP contribution >= 0.6 is 0 Å². The van der Waals surface area contributed by atoms with E-state index in [2.05, 4.69) is 90.8 Å². The average Bonchev–Trinajstić information content (AvgIpc) is 2.54. The minimum atomic E-state index is -1.93. The van der Waals surface area contributed by atoms with Gasteiger partial charge in [0.15, 0.2) is 0 Å². The molecule has 3 nitrogen and oxygen atoms in total. The molecule has 0 aliphatic heterocycles. The minimum absolute atomic E-state index is 0.0775. The maximum Gasteiger partial charge on any atom is 0.250 e. The van der Waals surface area contributed by atoms with Crippen molar-refractivity contribution in [2.75, 3.05) is 0 Å². The number of nitriles is 1. The van der Waals surface area contributed by atoms with Gasteiger partial charge < -0.3 is 4.43 Å². The highest BCUT2D eigenvalue weighted by Gasteiger charge is 2.39. The predicted octanol–water partition coefficient (Wildman–Crippen LogP) is 6.61. The fourth-order valence-electron chi connectivity index (χ4n) is 2.58. The van der Waals surface area contributed by atoms with Gasteiger partial charge in [-0.25, -0.2) is 0 Å². The van der Waals surface area contributed by atoms with Crippen LogP contribution in [0.15, 0.2) is 30.5 Å². The molecule has 0 amide bonds. The smallest absolute Gasteiger partial charge is 0.250 e. The van der Waals surface area contributed by atoms with E-state index in [4.69, 9.17) is 4.43 Å². The maximum absolute atomic E-state index is 9.61. The molecule has 2 aromatic rings. The normalized spacial score (nSPS) is 12.6. The number of hydrogen-bond donors (Lipinski definition) is 0. The van der Waals surface area contributed by atoms with Crippen molar-refractivity contribution in [1.29, 1.82) is 5.26 Å². The molecule has 1 aromatic carbocycles. The van der Waals surface area contributed by atoms with E-state index in [1.54, 1.807) is 6.20 Å². The van der Waals surface area contributed by atoms with Gasteiger partial charge in [0.1, 0.15) is 11.8 Å². The Hall–Kier alpha value is -2.12. The standard InChI is InChI=1S/C23H32N2OSi/c1-16-10-11-18(26-27(8,9)23(5,6)7)12-19(16)20-13-21(22(2,3)4)25-15-17(20)14-24/h10-13,15H,1-9H3. The summed E-state index contributed by atoms with van der Waals surface area (Å²) >= 11 is 0. The van der Waals surface area contributed by atoms with Crippen molar-refractivity contribution >= 4 is 8.32 Å². The van der Waals surface area contributed by atoms with E-state index in [-0.39, 0.29) is 10.5 Å². The second-order valence-electron chi connectivity index (χ2n) is 9.82. The fourth-order valence-corrected chi connectivity index (χ4v) is 3.60. The van der Waals surface area contributed by atoms with Crippen LogP contribution in [0, 0.1) is 18.3 Å². The van der Waals surface area contributed by atoms with Gasteiger partial charge in [-0.1, -0.05) is 47.6 Å². The van der Waals surface area contributed by atoms with Gasteiger partial charge in [0, 0.05) is 22.9 Å². The van der Waals surface area contributed by atoms with Gasteiger partial charge >= 0.3 is 0 Å². The second kappa shape index (κ2) is 7.13. The Kier molecular flexibility index (Phi) is 5.59. The molecule has 1 heterocycles. The third-order valence-corrected chi connectivity index (χ3v) is 9.83. The first-order valence-corrected chi connectivity index (χ1v) is 12.4. The van der Waals surface area contributed by atoms with Gasteiger partial charge in [-0.05, 0) is 54.4 Å². The molecule has 0 aliphatic carbocycles. The van der Waals surface area contributed by atoms with Crippen molar-refractivity contribution in [3.63, 3.8) is 0 Å². The van der Waals surface area contributed by atoms with Crippen LogP contribution in [0.1, 0.15) is 58.4 Å². The highest BCUT2D eigenvalue weighted by atomic mass is 28.4. The molecule has 0 saturated carbocycles. The first-order chi connectivity index (χ1) is 12.3. The van der Waals surface area contributed by atoms with Crippen molar-refractivity contribution in [1.82, 2.24) is 4.98 Å². The molecule has 0 N–H and O–H groups in total. The molecule has 1 aromatic heterocycles. The Bertz CT molecular complexity index is 881. The lowest BCUT2D eigenvalue weighted by atomic mass is 9.88. The largest absolute Gasteiger partial charge is 0.543 e. The van der Waals surface area contributed by atoms with Gasteiger partial charge in [0.2, 0.25) is 8.32 Å². The lowest BCUT2D eigenvalue weighted by molar-refractivity contribution is 0.492. The summed E-state index contributed by atoms with van der Waals surface area (Å²) in [6.07, 6.45) is 1.69. The first-order valence-electron chi connectivity index (χ1n) is 9.47. The number of aryl methyl sites for hydroxylation is 1. The molecule has 144 valence electrons. The maximum atomic E-state index is 9.61. The Balaban J connectivity index is 2.59. The average molecular weight is 381 g/mol. The van der Waals surface area contributed by atoms with Crippen molar-refractivity contribution in [2.45, 2.75) is 72.0 Å². The zero-order valence-corrected chi connectivity index (χ0v) is 19.2. The van der Waals surface area contributed by atoms with E-state index < -0.39 is 8.32 Å². The second-order valence-corrected chi connectivity index (χ2v) is 14.5. The van der Waals surface area contributed by atoms with Crippen LogP contribution in [0.4, 0.5) is 0 Å². The zero-order chi connectivity index (χ0) is 20.6. The highest BCUT2D eigenvalue weighted by molar-refractivity contribution is 6.74. The summed E-state index contributed by atoms with van der Waals surface area (Å²) in [5.41, 5.74) is 4.58. The SMILES string of the molecule is Cc1ccc(O[Si](C)(C)C(C)(C)C)cc1-c1cc(C(C)(C)C)ncc1C#N. The van der Waals surface area contributed by atoms with E-state index in [1.165, 1.54) is 0 Å². The summed E-state index contributed by atoms with van der Waals surface area (Å²) in [5, 5.41) is 9.74. The Morgan fingerprint density at radius 3 is 2.15 bits per heavy atom. The molecule has 0 saturated heterocycles. The van der Waals surface area contributed by atoms with Crippen LogP contribution in [0.5, 0.6) is 5.75 Å². The summed E-state index contributed by atoms with van der Waals surface area (Å²) in [7, 11) is -1.93. The van der Waals surface area contributed by atoms with Gasteiger partial charge in [-0.15, -0.1) is 0 Å². The lowest BCUT2D eigenvalue weighted by Gasteiger charge is -2.36. The van der Waals surface area contributed by atoms with Crippen LogP contribution in [-0.4, -0.2) is 13.3 Å². The van der Waals surface area contributed by atoms with Crippen LogP contribution in [0.2, 0.25) is 18.1 Å². The molecule has 0 aliphatic rings. The Labute approximate surface area is 165 Å². The highest BCUT2D eigenvalue weighted by Crippen LogP contribution is 2.39. The molecular formula is C23H32N2OSi. The number of aromatic nitrogens is 1. The molecular weight excluding hydrogens is 348 g/mol. The van der Waals surface area contributed by atoms with Crippen LogP contribution in [0.3, 0.4) is 0 Å². The Morgan fingerprint density at radius 1 is 1.00 bits per heavy atom. The summed E-state index contributed by atoms with van der Waals surface area (Å²) < 4.78 is 6.49. The van der Waals surface area contributed by atoms with Gasteiger partial charge in [-0.2, -0.15) is 5.26 Å². The Morgan fingerprint density at radius 2 is 1.63 bits per heavy atom. The molecule has 27 heavy (non-hydrogen) atoms. The first kappa shape index (κ1) is 21.2. The van der Waals surface area contributed by atoms with E-state index in [9.17, 15) is 5.26 Å². The van der Waals surface area contributed by atoms with Crippen molar-refractivity contribution < 1.29 is 4.43 Å². The quantitative estimate of drug-likeness (QED) is 0.563. The third kappa shape index (κ3) is 4.59. The van der Waals surface area contributed by atoms with Crippen LogP contribution < -0.4 is 4.43 Å². The van der Waals surface area contributed by atoms with Crippen molar-refractivity contribution in [2.24, 2.45) is 0 Å². The summed E-state index contributed by atoms with van der Waals surface area (Å²) in [6, 6.07) is 10.6. The molecule has 0 unspecified atom stereocenters. The monoisotopic (exact) mass is 380 g/mol. The van der Waals surface area contributed by atoms with Gasteiger partial charge in [-0.3, -0.25) is 4.98 Å². The molecule has 4 heteroatoms. The van der Waals surface area contributed by atoms with E-state index in [0.29, 0.717) is 5.56 Å². The molecule has 0 spiro atoms. The summed E-state index contributed by atoms with van der Waals surface area (Å²) in [4.78, 5) is 4.50. The lowest BCUT2D eigenvalue weighted by Crippen LogP contribution is -2.43. The number of hydrogen-bond acceptors (Lipinski definition) is 3. The van der Waals surface area contributed by atoms with E-state index >= 15 is 0 Å². The molecule has 0 radical (unpaired) electrons. The van der Waals surface area contributed by atoms with Crippen molar-refractivity contribution in [3.8, 4) is 22.9 Å². The van der Waals surface area contributed by atoms with Crippen LogP contribution in [0.25, 0.3) is 11.1 Å². The molecule has 0 atom stereocenters. The van der Waals surface area contributed by atoms with Gasteiger partial charge in [0.05, 0.1) is 5.56 Å². The topological polar surface area (TPSA) is 45.9 Å². The molecule has 0 bridgehead atoms. The van der Waals surface area contributed by atoms with E-state index in [0.717, 1.165) is 28.1 Å². The number of rotatable bonds is 3. The summed E-state index contributed by atoms with van der Waals surface area (Å²) in [5.74, 6) is 0.875. The zero-order valence-electron chi connectivity index (χ0n) is 18.2. The fraction of sp³-hybridized carbons (Fsp3) is 0.478. The third-order valence-electron chi connectivity index (χ3n) is 5.47. The van der Waals surface area contributed by atoms with Gasteiger partial charge in [0.25, 0.3) is 0 Å². The number of pyridine rings is 1. The predicted molar refractivity (Wildman–Crippen MR) is 116 cm³/mol.